The number of rotatable bonds is 9. The van der Waals surface area contributed by atoms with Gasteiger partial charge in [0.2, 0.25) is 0 Å². The SMILES string of the molecule is CCCN=Cc1c[nH]c(C)n1.CCCN=Cc1c[nH]c(C)n1.CCCN=Cc1c[nH]c(C)n1.F[As-](F)(F)(F)(F)F.[Cl-].[Fe+2]. The van der Waals surface area contributed by atoms with Gasteiger partial charge in [0.1, 0.15) is 17.5 Å². The Kier molecular flexibility index (Phi) is 21.5. The van der Waals surface area contributed by atoms with Crippen molar-refractivity contribution in [2.75, 3.05) is 19.6 Å². The van der Waals surface area contributed by atoms with Crippen LogP contribution >= 0.6 is 0 Å². The summed E-state index contributed by atoms with van der Waals surface area (Å²) in [5, 5.41) is 0. The molecule has 0 bridgehead atoms. The average Bonchev–Trinajstić information content (AvgIpc) is 3.55. The Labute approximate surface area is 260 Å². The summed E-state index contributed by atoms with van der Waals surface area (Å²) < 4.78 is 59.4. The monoisotopic (exact) mass is 733 g/mol. The van der Waals surface area contributed by atoms with Crippen molar-refractivity contribution in [1.29, 1.82) is 0 Å². The van der Waals surface area contributed by atoms with Crippen molar-refractivity contribution in [1.82, 2.24) is 29.9 Å². The fourth-order valence-corrected chi connectivity index (χ4v) is 2.37. The molecule has 18 heteroatoms. The molecule has 0 atom stereocenters. The standard InChI is InChI=1S/3C8H13N3.AsF6.ClH.Fe/c3*1-3-4-9-5-8-6-10-7(2)11-8;2-1(3,4,5,6)7;;/h3*5-6H,3-4H2,1-2H3,(H,10,11);;1H;/q;;;-1;;+2/p-1. The molecule has 3 heterocycles. The van der Waals surface area contributed by atoms with Gasteiger partial charge in [-0.15, -0.1) is 0 Å². The number of aryl methyl sites for hydroxylation is 3. The van der Waals surface area contributed by atoms with Gasteiger partial charge in [-0.2, -0.15) is 0 Å². The van der Waals surface area contributed by atoms with Gasteiger partial charge in [0.25, 0.3) is 0 Å². The molecule has 0 radical (unpaired) electrons. The van der Waals surface area contributed by atoms with Gasteiger partial charge in [-0.3, -0.25) is 15.0 Å². The van der Waals surface area contributed by atoms with Crippen molar-refractivity contribution in [2.45, 2.75) is 60.8 Å². The zero-order valence-corrected chi connectivity index (χ0v) is 28.1. The maximum atomic E-state index is 9.91. The smallest absolute Gasteiger partial charge is 1.00 e. The topological polar surface area (TPSA) is 123 Å². The van der Waals surface area contributed by atoms with Gasteiger partial charge in [0.15, 0.2) is 0 Å². The van der Waals surface area contributed by atoms with E-state index in [-0.39, 0.29) is 29.5 Å². The number of aliphatic imine (C=N–C) groups is 3. The molecule has 0 aromatic carbocycles. The molecule has 3 N–H and O–H groups in total. The summed E-state index contributed by atoms with van der Waals surface area (Å²) in [5.41, 5.74) is 2.74. The van der Waals surface area contributed by atoms with E-state index >= 15 is 0 Å². The average molecular weight is 734 g/mol. The summed E-state index contributed by atoms with van der Waals surface area (Å²) in [5.74, 6) is 2.80. The molecule has 0 aliphatic heterocycles. The molecule has 3 rings (SSSR count). The van der Waals surface area contributed by atoms with Gasteiger partial charge >= 0.3 is 52.0 Å². The molecule has 0 spiro atoms. The van der Waals surface area contributed by atoms with E-state index in [9.17, 15) is 20.8 Å². The van der Waals surface area contributed by atoms with Crippen LogP contribution in [0.1, 0.15) is 74.6 Å². The minimum absolute atomic E-state index is 0. The fraction of sp³-hybridized carbons (Fsp3) is 0.500. The van der Waals surface area contributed by atoms with Crippen LogP contribution in [0.15, 0.2) is 33.6 Å². The molecule has 242 valence electrons. The number of H-pyrrole nitrogens is 3. The van der Waals surface area contributed by atoms with Crippen LogP contribution in [0.4, 0.5) is 20.8 Å². The molecule has 42 heavy (non-hydrogen) atoms. The first-order valence-corrected chi connectivity index (χ1v) is 16.8. The number of imidazole rings is 3. The second-order valence-electron chi connectivity index (χ2n) is 8.30. The van der Waals surface area contributed by atoms with Crippen molar-refractivity contribution in [3.05, 3.63) is 53.1 Å². The van der Waals surface area contributed by atoms with Crippen LogP contribution in [-0.4, -0.2) is 82.4 Å². The Bertz CT molecular complexity index is 1060. The van der Waals surface area contributed by atoms with Crippen LogP contribution in [0.25, 0.3) is 0 Å². The normalized spacial score (nSPS) is 12.6. The van der Waals surface area contributed by atoms with E-state index in [0.29, 0.717) is 0 Å². The molecule has 0 saturated heterocycles. The summed E-state index contributed by atoms with van der Waals surface area (Å²) in [6, 6.07) is 0. The molecular formula is C24H39AsClF6FeN9. The fourth-order valence-electron chi connectivity index (χ4n) is 2.37. The van der Waals surface area contributed by atoms with E-state index in [1.807, 2.05) is 39.4 Å². The van der Waals surface area contributed by atoms with Gasteiger partial charge in [0, 0.05) is 56.9 Å². The molecular weight excluding hydrogens is 695 g/mol. The van der Waals surface area contributed by atoms with Crippen LogP contribution in [-0.2, 0) is 17.1 Å². The van der Waals surface area contributed by atoms with Gasteiger partial charge in [-0.25, -0.2) is 15.0 Å². The van der Waals surface area contributed by atoms with E-state index in [2.05, 4.69) is 65.7 Å². The predicted octanol–water partition coefficient (Wildman–Crippen LogP) is 3.78. The minimum atomic E-state index is -11.1. The quantitative estimate of drug-likeness (QED) is 0.176. The third-order valence-electron chi connectivity index (χ3n) is 3.91. The Balaban J connectivity index is -0.000000482. The second-order valence-corrected chi connectivity index (χ2v) is 12.3. The van der Waals surface area contributed by atoms with Gasteiger partial charge < -0.3 is 27.4 Å². The van der Waals surface area contributed by atoms with Crippen molar-refractivity contribution in [2.24, 2.45) is 15.0 Å². The Hall–Kier alpha value is -2.41. The van der Waals surface area contributed by atoms with Gasteiger partial charge in [-0.05, 0) is 40.0 Å². The van der Waals surface area contributed by atoms with Crippen molar-refractivity contribution < 1.29 is 50.3 Å². The predicted molar refractivity (Wildman–Crippen MR) is 151 cm³/mol. The summed E-state index contributed by atoms with van der Waals surface area (Å²) >= 11 is -11.1. The van der Waals surface area contributed by atoms with Crippen LogP contribution in [0.2, 0.25) is 0 Å². The number of nitrogens with zero attached hydrogens (tertiary/aromatic N) is 6. The third-order valence-corrected chi connectivity index (χ3v) is 3.91. The van der Waals surface area contributed by atoms with E-state index in [4.69, 9.17) is 0 Å². The Morgan fingerprint density at radius 3 is 0.952 bits per heavy atom. The first-order valence-electron chi connectivity index (χ1n) is 12.5. The van der Waals surface area contributed by atoms with Crippen LogP contribution < -0.4 is 12.4 Å². The van der Waals surface area contributed by atoms with Crippen molar-refractivity contribution in [3.63, 3.8) is 0 Å². The van der Waals surface area contributed by atoms with Crippen LogP contribution in [0.5, 0.6) is 0 Å². The largest absolute Gasteiger partial charge is 2.00 e. The number of hydrogen-bond acceptors (Lipinski definition) is 6. The second kappa shape index (κ2) is 20.5. The maximum absolute atomic E-state index is 11.1. The third kappa shape index (κ3) is 32.1. The number of aromatic amines is 3. The molecule has 0 unspecified atom stereocenters. The molecule has 0 fully saturated rings. The summed E-state index contributed by atoms with van der Waals surface area (Å²) in [4.78, 5) is 34.0. The number of halogens is 7. The van der Waals surface area contributed by atoms with Crippen LogP contribution in [0, 0.1) is 20.8 Å². The molecule has 0 amide bonds. The number of hydrogen-bond donors (Lipinski definition) is 3. The zero-order valence-electron chi connectivity index (χ0n) is 24.3. The molecule has 3 aromatic rings. The first-order chi connectivity index (χ1) is 18.4. The summed E-state index contributed by atoms with van der Waals surface area (Å²) in [7, 11) is 0. The van der Waals surface area contributed by atoms with E-state index in [0.717, 1.165) is 73.5 Å². The molecule has 0 aliphatic carbocycles. The van der Waals surface area contributed by atoms with Crippen molar-refractivity contribution >= 4 is 32.8 Å². The molecule has 9 nitrogen and oxygen atoms in total. The Morgan fingerprint density at radius 2 is 0.810 bits per heavy atom. The molecule has 0 aliphatic rings. The Morgan fingerprint density at radius 1 is 0.595 bits per heavy atom. The van der Waals surface area contributed by atoms with Crippen molar-refractivity contribution in [3.8, 4) is 0 Å². The summed E-state index contributed by atoms with van der Waals surface area (Å²) in [6.45, 7) is 14.7. The molecule has 0 saturated carbocycles. The number of aromatic nitrogens is 6. The minimum Gasteiger partial charge on any atom is -1.00 e. The van der Waals surface area contributed by atoms with Gasteiger partial charge in [0.05, 0.1) is 17.1 Å². The molecule has 3 aromatic heterocycles. The van der Waals surface area contributed by atoms with E-state index in [1.54, 1.807) is 18.6 Å². The van der Waals surface area contributed by atoms with Crippen LogP contribution in [0.3, 0.4) is 0 Å². The number of nitrogens with one attached hydrogen (secondary N) is 3. The maximum Gasteiger partial charge on any atom is 2.00 e. The van der Waals surface area contributed by atoms with E-state index in [1.165, 1.54) is 0 Å². The van der Waals surface area contributed by atoms with Gasteiger partial charge in [-0.1, -0.05) is 20.8 Å². The van der Waals surface area contributed by atoms with E-state index < -0.39 is 14.2 Å². The summed E-state index contributed by atoms with van der Waals surface area (Å²) in [6.07, 6.45) is 14.2. The first kappa shape index (κ1) is 44.0. The zero-order chi connectivity index (χ0) is 30.7.